The number of H-pyrrole nitrogens is 1. The highest BCUT2D eigenvalue weighted by molar-refractivity contribution is 7.98. The highest BCUT2D eigenvalue weighted by Gasteiger charge is 2.01. The number of nitrogens with one attached hydrogen (secondary N) is 1. The predicted octanol–water partition coefficient (Wildman–Crippen LogP) is 2.07. The molecule has 4 nitrogen and oxygen atoms in total. The third kappa shape index (κ3) is 3.42. The van der Waals surface area contributed by atoms with Gasteiger partial charge in [0.05, 0.1) is 5.69 Å². The Bertz CT molecular complexity index is 580. The van der Waals surface area contributed by atoms with Crippen LogP contribution in [0.25, 0.3) is 0 Å². The Labute approximate surface area is 104 Å². The lowest BCUT2D eigenvalue weighted by molar-refractivity contribution is 0.904. The molecule has 2 heterocycles. The first-order valence-electron chi connectivity index (χ1n) is 5.26. The van der Waals surface area contributed by atoms with Crippen molar-refractivity contribution < 1.29 is 0 Å². The maximum atomic E-state index is 11.3. The second kappa shape index (κ2) is 5.14. The molecule has 2 aromatic rings. The number of aryl methyl sites for hydroxylation is 2. The third-order valence-electron chi connectivity index (χ3n) is 2.18. The zero-order valence-corrected chi connectivity index (χ0v) is 10.5. The number of aromatic amines is 1. The Morgan fingerprint density at radius 1 is 1.35 bits per heavy atom. The fraction of sp³-hybridized carbons (Fsp3) is 0.250. The minimum Gasteiger partial charge on any atom is -0.301 e. The van der Waals surface area contributed by atoms with Gasteiger partial charge in [-0.1, -0.05) is 11.8 Å². The molecule has 0 aliphatic heterocycles. The first kappa shape index (κ1) is 11.9. The normalized spacial score (nSPS) is 10.5. The number of pyridine rings is 1. The molecule has 5 heteroatoms. The van der Waals surface area contributed by atoms with Crippen molar-refractivity contribution in [1.82, 2.24) is 15.0 Å². The fourth-order valence-electron chi connectivity index (χ4n) is 1.44. The summed E-state index contributed by atoms with van der Waals surface area (Å²) in [6, 6.07) is 5.47. The smallest absolute Gasteiger partial charge is 0.251 e. The molecule has 0 unspecified atom stereocenters. The monoisotopic (exact) mass is 247 g/mol. The van der Waals surface area contributed by atoms with E-state index in [-0.39, 0.29) is 5.56 Å². The molecule has 0 amide bonds. The quantitative estimate of drug-likeness (QED) is 0.666. The van der Waals surface area contributed by atoms with Crippen molar-refractivity contribution in [1.29, 1.82) is 0 Å². The van der Waals surface area contributed by atoms with Crippen molar-refractivity contribution in [3.63, 3.8) is 0 Å². The lowest BCUT2D eigenvalue weighted by atomic mass is 10.3. The van der Waals surface area contributed by atoms with Gasteiger partial charge in [-0.3, -0.25) is 9.78 Å². The first-order chi connectivity index (χ1) is 8.13. The Morgan fingerprint density at radius 3 is 2.88 bits per heavy atom. The maximum Gasteiger partial charge on any atom is 0.251 e. The van der Waals surface area contributed by atoms with Gasteiger partial charge in [-0.15, -0.1) is 0 Å². The van der Waals surface area contributed by atoms with Gasteiger partial charge < -0.3 is 4.98 Å². The van der Waals surface area contributed by atoms with Crippen LogP contribution in [0.1, 0.15) is 17.0 Å². The van der Waals surface area contributed by atoms with Gasteiger partial charge in [0.2, 0.25) is 0 Å². The van der Waals surface area contributed by atoms with E-state index in [1.54, 1.807) is 6.20 Å². The van der Waals surface area contributed by atoms with E-state index in [1.165, 1.54) is 23.4 Å². The Kier molecular flexibility index (Phi) is 3.58. The molecule has 0 fully saturated rings. The molecule has 0 radical (unpaired) electrons. The summed E-state index contributed by atoms with van der Waals surface area (Å²) >= 11 is 1.48. The molecule has 0 aromatic carbocycles. The molecule has 0 aliphatic carbocycles. The SMILES string of the molecule is Cc1ccnc(CSc2nc(C)cc(=O)[nH]2)c1. The van der Waals surface area contributed by atoms with E-state index >= 15 is 0 Å². The zero-order valence-electron chi connectivity index (χ0n) is 9.73. The van der Waals surface area contributed by atoms with Crippen LogP contribution in [0.2, 0.25) is 0 Å². The summed E-state index contributed by atoms with van der Waals surface area (Å²) in [6.07, 6.45) is 1.79. The number of hydrogen-bond donors (Lipinski definition) is 1. The summed E-state index contributed by atoms with van der Waals surface area (Å²) in [7, 11) is 0. The molecule has 0 atom stereocenters. The van der Waals surface area contributed by atoms with Gasteiger partial charge in [0.25, 0.3) is 5.56 Å². The van der Waals surface area contributed by atoms with Crippen LogP contribution in [0, 0.1) is 13.8 Å². The van der Waals surface area contributed by atoms with Gasteiger partial charge in [0, 0.05) is 23.7 Å². The molecular weight excluding hydrogens is 234 g/mol. The van der Waals surface area contributed by atoms with E-state index in [0.717, 1.165) is 11.4 Å². The van der Waals surface area contributed by atoms with Crippen LogP contribution in [-0.2, 0) is 5.75 Å². The van der Waals surface area contributed by atoms with Crippen LogP contribution in [-0.4, -0.2) is 15.0 Å². The van der Waals surface area contributed by atoms with Gasteiger partial charge in [-0.25, -0.2) is 4.98 Å². The predicted molar refractivity (Wildman–Crippen MR) is 68.1 cm³/mol. The molecule has 1 N–H and O–H groups in total. The van der Waals surface area contributed by atoms with Crippen LogP contribution in [0.3, 0.4) is 0 Å². The van der Waals surface area contributed by atoms with Crippen LogP contribution < -0.4 is 5.56 Å². The minimum atomic E-state index is -0.114. The van der Waals surface area contributed by atoms with Gasteiger partial charge in [-0.05, 0) is 31.5 Å². The van der Waals surface area contributed by atoms with Gasteiger partial charge >= 0.3 is 0 Å². The molecule has 2 aromatic heterocycles. The summed E-state index contributed by atoms with van der Waals surface area (Å²) < 4.78 is 0. The average Bonchev–Trinajstić information content (AvgIpc) is 2.25. The van der Waals surface area contributed by atoms with Crippen LogP contribution in [0.5, 0.6) is 0 Å². The highest BCUT2D eigenvalue weighted by Crippen LogP contribution is 2.17. The Balaban J connectivity index is 2.09. The fourth-order valence-corrected chi connectivity index (χ4v) is 2.26. The average molecular weight is 247 g/mol. The Hall–Kier alpha value is -1.62. The topological polar surface area (TPSA) is 58.6 Å². The van der Waals surface area contributed by atoms with Crippen molar-refractivity contribution >= 4 is 11.8 Å². The molecule has 0 saturated carbocycles. The molecule has 0 spiro atoms. The lowest BCUT2D eigenvalue weighted by Gasteiger charge is -2.02. The second-order valence-corrected chi connectivity index (χ2v) is 4.77. The number of aromatic nitrogens is 3. The van der Waals surface area contributed by atoms with Gasteiger partial charge in [-0.2, -0.15) is 0 Å². The van der Waals surface area contributed by atoms with Crippen molar-refractivity contribution in [2.45, 2.75) is 24.8 Å². The molecule has 0 bridgehead atoms. The summed E-state index contributed by atoms with van der Waals surface area (Å²) in [5.41, 5.74) is 2.78. The van der Waals surface area contributed by atoms with E-state index in [9.17, 15) is 4.79 Å². The summed E-state index contributed by atoms with van der Waals surface area (Å²) in [6.45, 7) is 3.84. The van der Waals surface area contributed by atoms with E-state index in [0.29, 0.717) is 10.9 Å². The number of hydrogen-bond acceptors (Lipinski definition) is 4. The van der Waals surface area contributed by atoms with Crippen LogP contribution in [0.4, 0.5) is 0 Å². The maximum absolute atomic E-state index is 11.3. The third-order valence-corrected chi connectivity index (χ3v) is 3.08. The standard InChI is InChI=1S/C12H13N3OS/c1-8-3-4-13-10(5-8)7-17-12-14-9(2)6-11(16)15-12/h3-6H,7H2,1-2H3,(H,14,15,16). The van der Waals surface area contributed by atoms with E-state index in [4.69, 9.17) is 0 Å². The number of thioether (sulfide) groups is 1. The van der Waals surface area contributed by atoms with E-state index < -0.39 is 0 Å². The molecule has 88 valence electrons. The second-order valence-electron chi connectivity index (χ2n) is 3.81. The highest BCUT2D eigenvalue weighted by atomic mass is 32.2. The van der Waals surface area contributed by atoms with Gasteiger partial charge in [0.1, 0.15) is 0 Å². The number of nitrogens with zero attached hydrogens (tertiary/aromatic N) is 2. The number of rotatable bonds is 3. The van der Waals surface area contributed by atoms with Crippen molar-refractivity contribution in [2.24, 2.45) is 0 Å². The van der Waals surface area contributed by atoms with Crippen molar-refractivity contribution in [3.05, 3.63) is 51.7 Å². The van der Waals surface area contributed by atoms with Crippen molar-refractivity contribution in [3.8, 4) is 0 Å². The molecule has 0 saturated heterocycles. The van der Waals surface area contributed by atoms with Gasteiger partial charge in [0.15, 0.2) is 5.16 Å². The minimum absolute atomic E-state index is 0.114. The molecule has 0 aliphatic rings. The molecule has 17 heavy (non-hydrogen) atoms. The van der Waals surface area contributed by atoms with Crippen LogP contribution >= 0.6 is 11.8 Å². The van der Waals surface area contributed by atoms with E-state index in [1.807, 2.05) is 26.0 Å². The lowest BCUT2D eigenvalue weighted by Crippen LogP contribution is -2.08. The van der Waals surface area contributed by atoms with E-state index in [2.05, 4.69) is 15.0 Å². The molecular formula is C12H13N3OS. The van der Waals surface area contributed by atoms with Crippen LogP contribution in [0.15, 0.2) is 34.3 Å². The Morgan fingerprint density at radius 2 is 2.18 bits per heavy atom. The zero-order chi connectivity index (χ0) is 12.3. The summed E-state index contributed by atoms with van der Waals surface area (Å²) in [5.74, 6) is 0.702. The first-order valence-corrected chi connectivity index (χ1v) is 6.24. The largest absolute Gasteiger partial charge is 0.301 e. The van der Waals surface area contributed by atoms with Crippen molar-refractivity contribution in [2.75, 3.05) is 0 Å². The summed E-state index contributed by atoms with van der Waals surface area (Å²) in [4.78, 5) is 22.5. The molecule has 2 rings (SSSR count). The summed E-state index contributed by atoms with van der Waals surface area (Å²) in [5, 5.41) is 0.637.